The molecule has 2 N–H and O–H groups in total. The third-order valence-corrected chi connectivity index (χ3v) is 3.86. The van der Waals surface area contributed by atoms with Crippen LogP contribution in [0.3, 0.4) is 0 Å². The summed E-state index contributed by atoms with van der Waals surface area (Å²) in [6.45, 7) is 0.271. The Labute approximate surface area is 155 Å². The van der Waals surface area contributed by atoms with E-state index in [9.17, 15) is 14.4 Å². The van der Waals surface area contributed by atoms with E-state index in [1.54, 1.807) is 24.3 Å². The zero-order chi connectivity index (χ0) is 19.2. The molecule has 0 aliphatic rings. The van der Waals surface area contributed by atoms with Gasteiger partial charge in [0.2, 0.25) is 5.91 Å². The van der Waals surface area contributed by atoms with Crippen molar-refractivity contribution in [3.8, 4) is 0 Å². The molecule has 1 heterocycles. The predicted octanol–water partition coefficient (Wildman–Crippen LogP) is 1.75. The lowest BCUT2D eigenvalue weighted by atomic mass is 10.1. The summed E-state index contributed by atoms with van der Waals surface area (Å²) < 4.78 is 6.44. The molecule has 136 valence electrons. The number of benzene rings is 2. The summed E-state index contributed by atoms with van der Waals surface area (Å²) in [5, 5.41) is 4.09. The van der Waals surface area contributed by atoms with Crippen LogP contribution in [0.25, 0.3) is 0 Å². The van der Waals surface area contributed by atoms with Crippen LogP contribution < -0.4 is 11.3 Å². The Kier molecular flexibility index (Phi) is 5.41. The van der Waals surface area contributed by atoms with Crippen LogP contribution in [0.4, 0.5) is 0 Å². The second-order valence-electron chi connectivity index (χ2n) is 5.84. The van der Waals surface area contributed by atoms with Crippen LogP contribution in [0.1, 0.15) is 32.0 Å². The maximum atomic E-state index is 12.2. The number of rotatable bonds is 6. The smallest absolute Gasteiger partial charge is 0.359 e. The molecule has 0 aliphatic carbocycles. The largest absolute Gasteiger partial charge is 0.456 e. The molecule has 3 aromatic rings. The molecular formula is C20H17N3O4. The summed E-state index contributed by atoms with van der Waals surface area (Å²) in [6.07, 6.45) is 0. The number of nitrogens with two attached hydrogens (primary N) is 1. The molecule has 0 aliphatic heterocycles. The van der Waals surface area contributed by atoms with Crippen LogP contribution in [-0.2, 0) is 17.9 Å². The number of carbonyl (C=O) groups is 2. The Hall–Kier alpha value is -3.74. The molecule has 0 atom stereocenters. The Morgan fingerprint density at radius 3 is 2.30 bits per heavy atom. The Morgan fingerprint density at radius 2 is 1.63 bits per heavy atom. The molecule has 0 fully saturated rings. The fourth-order valence-electron chi connectivity index (χ4n) is 2.42. The second kappa shape index (κ2) is 8.09. The predicted molar refractivity (Wildman–Crippen MR) is 98.1 cm³/mol. The van der Waals surface area contributed by atoms with Crippen molar-refractivity contribution in [2.24, 2.45) is 5.73 Å². The highest BCUT2D eigenvalue weighted by molar-refractivity contribution is 5.92. The number of hydrogen-bond donors (Lipinski definition) is 1. The summed E-state index contributed by atoms with van der Waals surface area (Å²) in [4.78, 5) is 35.3. The molecule has 27 heavy (non-hydrogen) atoms. The van der Waals surface area contributed by atoms with E-state index in [4.69, 9.17) is 10.5 Å². The van der Waals surface area contributed by atoms with Gasteiger partial charge in [-0.3, -0.25) is 9.59 Å². The van der Waals surface area contributed by atoms with Gasteiger partial charge in [-0.2, -0.15) is 5.10 Å². The van der Waals surface area contributed by atoms with Gasteiger partial charge in [0.25, 0.3) is 5.56 Å². The SMILES string of the molecule is NC(=O)c1ccc(COC(=O)c2ccc(=O)n(Cc3ccccc3)n2)cc1. The van der Waals surface area contributed by atoms with Gasteiger partial charge in [-0.1, -0.05) is 42.5 Å². The molecular weight excluding hydrogens is 346 g/mol. The molecule has 0 saturated heterocycles. The normalized spacial score (nSPS) is 10.4. The molecule has 1 aromatic heterocycles. The van der Waals surface area contributed by atoms with Gasteiger partial charge in [-0.05, 0) is 29.3 Å². The van der Waals surface area contributed by atoms with Crippen molar-refractivity contribution in [3.63, 3.8) is 0 Å². The highest BCUT2D eigenvalue weighted by Gasteiger charge is 2.12. The fraction of sp³-hybridized carbons (Fsp3) is 0.100. The Balaban J connectivity index is 1.68. The van der Waals surface area contributed by atoms with Crippen molar-refractivity contribution in [1.82, 2.24) is 9.78 Å². The first-order valence-corrected chi connectivity index (χ1v) is 8.21. The number of primary amides is 1. The highest BCUT2D eigenvalue weighted by Crippen LogP contribution is 2.07. The average molecular weight is 363 g/mol. The number of amides is 1. The van der Waals surface area contributed by atoms with Gasteiger partial charge in [-0.25, -0.2) is 9.48 Å². The second-order valence-corrected chi connectivity index (χ2v) is 5.84. The minimum absolute atomic E-state index is 0.0113. The lowest BCUT2D eigenvalue weighted by molar-refractivity contribution is 0.0462. The number of carbonyl (C=O) groups excluding carboxylic acids is 2. The topological polar surface area (TPSA) is 104 Å². The van der Waals surface area contributed by atoms with Crippen LogP contribution in [-0.4, -0.2) is 21.7 Å². The minimum Gasteiger partial charge on any atom is -0.456 e. The zero-order valence-electron chi connectivity index (χ0n) is 14.4. The molecule has 3 rings (SSSR count). The van der Waals surface area contributed by atoms with E-state index in [0.717, 1.165) is 5.56 Å². The molecule has 0 radical (unpaired) electrons. The molecule has 0 unspecified atom stereocenters. The quantitative estimate of drug-likeness (QED) is 0.672. The van der Waals surface area contributed by atoms with Gasteiger partial charge in [0.1, 0.15) is 6.61 Å². The van der Waals surface area contributed by atoms with E-state index in [1.165, 1.54) is 16.8 Å². The van der Waals surface area contributed by atoms with Crippen molar-refractivity contribution in [1.29, 1.82) is 0 Å². The van der Waals surface area contributed by atoms with Crippen molar-refractivity contribution in [2.75, 3.05) is 0 Å². The van der Waals surface area contributed by atoms with E-state index < -0.39 is 11.9 Å². The minimum atomic E-state index is -0.643. The van der Waals surface area contributed by atoms with Crippen molar-refractivity contribution >= 4 is 11.9 Å². The lowest BCUT2D eigenvalue weighted by Gasteiger charge is -2.08. The maximum absolute atomic E-state index is 12.2. The van der Waals surface area contributed by atoms with Gasteiger partial charge in [0.05, 0.1) is 6.54 Å². The van der Waals surface area contributed by atoms with E-state index in [0.29, 0.717) is 11.1 Å². The van der Waals surface area contributed by atoms with Crippen LogP contribution in [0.2, 0.25) is 0 Å². The molecule has 0 spiro atoms. The lowest BCUT2D eigenvalue weighted by Crippen LogP contribution is -2.25. The summed E-state index contributed by atoms with van der Waals surface area (Å²) in [6, 6.07) is 18.4. The van der Waals surface area contributed by atoms with Crippen molar-refractivity contribution < 1.29 is 14.3 Å². The van der Waals surface area contributed by atoms with Gasteiger partial charge >= 0.3 is 5.97 Å². The van der Waals surface area contributed by atoms with E-state index in [1.807, 2.05) is 30.3 Å². The first-order valence-electron chi connectivity index (χ1n) is 8.21. The number of aromatic nitrogens is 2. The van der Waals surface area contributed by atoms with Crippen LogP contribution >= 0.6 is 0 Å². The first-order chi connectivity index (χ1) is 13.0. The Bertz CT molecular complexity index is 1010. The monoisotopic (exact) mass is 363 g/mol. The van der Waals surface area contributed by atoms with Gasteiger partial charge in [0.15, 0.2) is 5.69 Å². The molecule has 0 saturated carbocycles. The third kappa shape index (κ3) is 4.66. The average Bonchev–Trinajstić information content (AvgIpc) is 2.69. The zero-order valence-corrected chi connectivity index (χ0v) is 14.4. The number of ether oxygens (including phenoxy) is 1. The van der Waals surface area contributed by atoms with E-state index in [2.05, 4.69) is 5.10 Å². The molecule has 7 nitrogen and oxygen atoms in total. The highest BCUT2D eigenvalue weighted by atomic mass is 16.5. The van der Waals surface area contributed by atoms with Gasteiger partial charge < -0.3 is 10.5 Å². The van der Waals surface area contributed by atoms with Crippen LogP contribution in [0.15, 0.2) is 71.5 Å². The van der Waals surface area contributed by atoms with Crippen LogP contribution in [0, 0.1) is 0 Å². The van der Waals surface area contributed by atoms with Crippen LogP contribution in [0.5, 0.6) is 0 Å². The standard InChI is InChI=1S/C20H17N3O4/c21-19(25)16-8-6-15(7-9-16)13-27-20(26)17-10-11-18(24)23(22-17)12-14-4-2-1-3-5-14/h1-11H,12-13H2,(H2,21,25). The van der Waals surface area contributed by atoms with Gasteiger partial charge in [-0.15, -0.1) is 0 Å². The molecule has 2 aromatic carbocycles. The van der Waals surface area contributed by atoms with Crippen molar-refractivity contribution in [2.45, 2.75) is 13.2 Å². The summed E-state index contributed by atoms with van der Waals surface area (Å²) in [5.41, 5.74) is 6.89. The first kappa shape index (κ1) is 18.1. The van der Waals surface area contributed by atoms with Gasteiger partial charge in [0, 0.05) is 11.6 Å². The summed E-state index contributed by atoms with van der Waals surface area (Å²) in [5.74, 6) is -1.17. The number of hydrogen-bond acceptors (Lipinski definition) is 5. The molecule has 1 amide bonds. The maximum Gasteiger partial charge on any atom is 0.359 e. The van der Waals surface area contributed by atoms with E-state index in [-0.39, 0.29) is 24.4 Å². The van der Waals surface area contributed by atoms with E-state index >= 15 is 0 Å². The fourth-order valence-corrected chi connectivity index (χ4v) is 2.42. The Morgan fingerprint density at radius 1 is 0.926 bits per heavy atom. The number of esters is 1. The summed E-state index contributed by atoms with van der Waals surface area (Å²) >= 11 is 0. The van der Waals surface area contributed by atoms with Crippen molar-refractivity contribution in [3.05, 3.63) is 99.5 Å². The third-order valence-electron chi connectivity index (χ3n) is 3.86. The number of nitrogens with zero attached hydrogens (tertiary/aromatic N) is 2. The molecule has 7 heteroatoms. The summed E-state index contributed by atoms with van der Waals surface area (Å²) in [7, 11) is 0. The molecule has 0 bridgehead atoms.